The number of hydrogen-bond acceptors (Lipinski definition) is 5. The molecule has 0 spiro atoms. The van der Waals surface area contributed by atoms with Crippen LogP contribution in [0.25, 0.3) is 0 Å². The summed E-state index contributed by atoms with van der Waals surface area (Å²) in [5.41, 5.74) is 3.68. The molecular weight excluding hydrogens is 306 g/mol. The summed E-state index contributed by atoms with van der Waals surface area (Å²) in [4.78, 5) is 18.3. The van der Waals surface area contributed by atoms with Gasteiger partial charge < -0.3 is 0 Å². The lowest BCUT2D eigenvalue weighted by atomic mass is 9.98. The third-order valence-corrected chi connectivity index (χ3v) is 4.41. The van der Waals surface area contributed by atoms with Gasteiger partial charge in [0.25, 0.3) is 5.91 Å². The van der Waals surface area contributed by atoms with Crippen LogP contribution in [0.1, 0.15) is 49.5 Å². The fourth-order valence-electron chi connectivity index (χ4n) is 3.05. The molecule has 1 aromatic heterocycles. The largest absolute Gasteiger partial charge is 0.270 e. The predicted octanol–water partition coefficient (Wildman–Crippen LogP) is 2.15. The summed E-state index contributed by atoms with van der Waals surface area (Å²) in [6.07, 6.45) is 6.15. The van der Waals surface area contributed by atoms with Crippen molar-refractivity contribution < 1.29 is 9.63 Å². The Morgan fingerprint density at radius 2 is 2.04 bits per heavy atom. The Hall–Kier alpha value is -2.28. The Balaban J connectivity index is 1.69. The smallest absolute Gasteiger partial charge is 0.268 e. The fourth-order valence-corrected chi connectivity index (χ4v) is 3.05. The number of benzene rings is 1. The van der Waals surface area contributed by atoms with Gasteiger partial charge in [0.15, 0.2) is 0 Å². The summed E-state index contributed by atoms with van der Waals surface area (Å²) >= 11 is 0. The number of aromatic nitrogens is 4. The lowest BCUT2D eigenvalue weighted by Crippen LogP contribution is -2.38. The topological polar surface area (TPSA) is 81.9 Å². The molecular formula is C17H23N5O2. The summed E-state index contributed by atoms with van der Waals surface area (Å²) in [6, 6.07) is 9.30. The molecule has 1 amide bonds. The first-order valence-corrected chi connectivity index (χ1v) is 8.48. The number of rotatable bonds is 6. The van der Waals surface area contributed by atoms with E-state index in [9.17, 15) is 4.79 Å². The highest BCUT2D eigenvalue weighted by molar-refractivity contribution is 5.79. The third kappa shape index (κ3) is 4.17. The zero-order valence-electron chi connectivity index (χ0n) is 13.9. The summed E-state index contributed by atoms with van der Waals surface area (Å²) in [5, 5.41) is 11.5. The van der Waals surface area contributed by atoms with Crippen LogP contribution in [0.3, 0.4) is 0 Å². The molecule has 1 N–H and O–H groups in total. The number of carbonyl (C=O) groups excluding carboxylic acids is 1. The van der Waals surface area contributed by atoms with E-state index >= 15 is 0 Å². The van der Waals surface area contributed by atoms with E-state index in [1.807, 2.05) is 30.3 Å². The van der Waals surface area contributed by atoms with E-state index in [4.69, 9.17) is 4.84 Å². The Bertz CT molecular complexity index is 652. The fraction of sp³-hybridized carbons (Fsp3) is 0.529. The van der Waals surface area contributed by atoms with Crippen LogP contribution in [-0.4, -0.2) is 32.2 Å². The number of nitrogens with zero attached hydrogens (tertiary/aromatic N) is 4. The maximum absolute atomic E-state index is 12.7. The minimum absolute atomic E-state index is 0.107. The van der Waals surface area contributed by atoms with Gasteiger partial charge in [0, 0.05) is 6.42 Å². The van der Waals surface area contributed by atoms with Crippen LogP contribution in [0.4, 0.5) is 0 Å². The summed E-state index contributed by atoms with van der Waals surface area (Å²) in [5.74, 6) is 0.378. The van der Waals surface area contributed by atoms with E-state index in [2.05, 4.69) is 21.0 Å². The van der Waals surface area contributed by atoms with Crippen molar-refractivity contribution in [3.05, 3.63) is 41.7 Å². The van der Waals surface area contributed by atoms with Crippen LogP contribution in [0.2, 0.25) is 0 Å². The lowest BCUT2D eigenvalue weighted by Gasteiger charge is -2.23. The molecule has 1 aliphatic carbocycles. The van der Waals surface area contributed by atoms with Crippen molar-refractivity contribution in [2.45, 2.75) is 57.6 Å². The van der Waals surface area contributed by atoms with Crippen molar-refractivity contribution >= 4 is 5.91 Å². The first kappa shape index (κ1) is 16.6. The molecule has 0 saturated heterocycles. The molecule has 0 aliphatic heterocycles. The SMILES string of the molecule is Cc1nnnn1C(Cc1ccccc1)C(=O)NOC1CCCCC1. The van der Waals surface area contributed by atoms with Crippen molar-refractivity contribution in [3.63, 3.8) is 0 Å². The van der Waals surface area contributed by atoms with Crippen molar-refractivity contribution in [1.29, 1.82) is 0 Å². The lowest BCUT2D eigenvalue weighted by molar-refractivity contribution is -0.144. The number of tetrazole rings is 1. The number of hydrogen-bond donors (Lipinski definition) is 1. The van der Waals surface area contributed by atoms with E-state index in [0.717, 1.165) is 31.2 Å². The molecule has 0 radical (unpaired) electrons. The molecule has 1 aromatic carbocycles. The van der Waals surface area contributed by atoms with Crippen LogP contribution in [0.15, 0.2) is 30.3 Å². The van der Waals surface area contributed by atoms with Gasteiger partial charge in [-0.25, -0.2) is 10.2 Å². The second kappa shape index (κ2) is 8.01. The molecule has 1 aliphatic rings. The van der Waals surface area contributed by atoms with Crippen molar-refractivity contribution in [3.8, 4) is 0 Å². The highest BCUT2D eigenvalue weighted by Crippen LogP contribution is 2.20. The minimum Gasteiger partial charge on any atom is -0.270 e. The van der Waals surface area contributed by atoms with Crippen LogP contribution >= 0.6 is 0 Å². The van der Waals surface area contributed by atoms with E-state index in [1.54, 1.807) is 11.6 Å². The summed E-state index contributed by atoms with van der Waals surface area (Å²) in [7, 11) is 0. The number of hydroxylamine groups is 1. The highest BCUT2D eigenvalue weighted by Gasteiger charge is 2.25. The van der Waals surface area contributed by atoms with E-state index < -0.39 is 6.04 Å². The molecule has 3 rings (SSSR count). The molecule has 1 heterocycles. The van der Waals surface area contributed by atoms with Gasteiger partial charge >= 0.3 is 0 Å². The van der Waals surface area contributed by atoms with E-state index in [-0.39, 0.29) is 12.0 Å². The molecule has 24 heavy (non-hydrogen) atoms. The summed E-state index contributed by atoms with van der Waals surface area (Å²) in [6.45, 7) is 1.78. The number of nitrogens with one attached hydrogen (secondary N) is 1. The predicted molar refractivity (Wildman–Crippen MR) is 87.8 cm³/mol. The molecule has 1 unspecified atom stereocenters. The van der Waals surface area contributed by atoms with Gasteiger partial charge in [-0.3, -0.25) is 9.63 Å². The molecule has 0 bridgehead atoms. The standard InChI is InChI=1S/C17H23N5O2/c1-13-18-20-21-22(13)16(12-14-8-4-2-5-9-14)17(23)19-24-15-10-6-3-7-11-15/h2,4-5,8-9,15-16H,3,6-7,10-12H2,1H3,(H,19,23). The van der Waals surface area contributed by atoms with E-state index in [1.165, 1.54) is 6.42 Å². The van der Waals surface area contributed by atoms with Crippen LogP contribution in [0.5, 0.6) is 0 Å². The van der Waals surface area contributed by atoms with Gasteiger partial charge in [-0.15, -0.1) is 5.10 Å². The van der Waals surface area contributed by atoms with Gasteiger partial charge in [0.05, 0.1) is 6.10 Å². The second-order valence-corrected chi connectivity index (χ2v) is 6.22. The molecule has 128 valence electrons. The Morgan fingerprint density at radius 3 is 2.71 bits per heavy atom. The van der Waals surface area contributed by atoms with Gasteiger partial charge in [0.1, 0.15) is 11.9 Å². The first-order valence-electron chi connectivity index (χ1n) is 8.48. The third-order valence-electron chi connectivity index (χ3n) is 4.41. The molecule has 7 heteroatoms. The highest BCUT2D eigenvalue weighted by atomic mass is 16.7. The average Bonchev–Trinajstić information content (AvgIpc) is 3.05. The zero-order chi connectivity index (χ0) is 16.8. The minimum atomic E-state index is -0.536. The molecule has 1 fully saturated rings. The second-order valence-electron chi connectivity index (χ2n) is 6.22. The Labute approximate surface area is 141 Å². The zero-order valence-corrected chi connectivity index (χ0v) is 13.9. The van der Waals surface area contributed by atoms with Gasteiger partial charge in [-0.05, 0) is 35.8 Å². The molecule has 1 atom stereocenters. The first-order chi connectivity index (χ1) is 11.7. The quantitative estimate of drug-likeness (QED) is 0.821. The van der Waals surface area contributed by atoms with Gasteiger partial charge in [-0.2, -0.15) is 0 Å². The summed E-state index contributed by atoms with van der Waals surface area (Å²) < 4.78 is 1.55. The van der Waals surface area contributed by atoms with Crippen LogP contribution in [-0.2, 0) is 16.1 Å². The number of carbonyl (C=O) groups is 1. The Kier molecular flexibility index (Phi) is 5.53. The monoisotopic (exact) mass is 329 g/mol. The molecule has 1 saturated carbocycles. The van der Waals surface area contributed by atoms with Gasteiger partial charge in [0.2, 0.25) is 0 Å². The number of aryl methyl sites for hydroxylation is 1. The maximum Gasteiger partial charge on any atom is 0.268 e. The van der Waals surface area contributed by atoms with E-state index in [0.29, 0.717) is 12.2 Å². The van der Waals surface area contributed by atoms with Crippen molar-refractivity contribution in [2.24, 2.45) is 0 Å². The average molecular weight is 329 g/mol. The molecule has 7 nitrogen and oxygen atoms in total. The normalized spacial score (nSPS) is 16.7. The van der Waals surface area contributed by atoms with Gasteiger partial charge in [-0.1, -0.05) is 49.6 Å². The maximum atomic E-state index is 12.7. The van der Waals surface area contributed by atoms with Crippen molar-refractivity contribution in [1.82, 2.24) is 25.7 Å². The van der Waals surface area contributed by atoms with Crippen LogP contribution < -0.4 is 5.48 Å². The number of amides is 1. The molecule has 2 aromatic rings. The van der Waals surface area contributed by atoms with Crippen molar-refractivity contribution in [2.75, 3.05) is 0 Å². The Morgan fingerprint density at radius 1 is 1.29 bits per heavy atom. The van der Waals surface area contributed by atoms with Crippen LogP contribution in [0, 0.1) is 6.92 Å².